The molecule has 1 aliphatic rings. The van der Waals surface area contributed by atoms with Crippen molar-refractivity contribution in [1.82, 2.24) is 9.55 Å². The van der Waals surface area contributed by atoms with Gasteiger partial charge in [-0.3, -0.25) is 0 Å². The Hall–Kier alpha value is -1.75. The summed E-state index contributed by atoms with van der Waals surface area (Å²) in [7, 11) is 0. The van der Waals surface area contributed by atoms with E-state index < -0.39 is 0 Å². The number of fused-ring (bicyclic) bond motifs is 1. The van der Waals surface area contributed by atoms with Gasteiger partial charge in [-0.1, -0.05) is 59.2 Å². The molecule has 2 aromatic carbocycles. The topological polar surface area (TPSA) is 30.2 Å². The summed E-state index contributed by atoms with van der Waals surface area (Å²) in [5.74, 6) is 1.92. The molecule has 3 nitrogen and oxygen atoms in total. The number of nitrogens with zero attached hydrogens (tertiary/aromatic N) is 3. The van der Waals surface area contributed by atoms with Crippen LogP contribution in [0.1, 0.15) is 5.56 Å². The zero-order valence-corrected chi connectivity index (χ0v) is 14.9. The van der Waals surface area contributed by atoms with E-state index in [1.807, 2.05) is 54.7 Å². The first kappa shape index (κ1) is 15.8. The van der Waals surface area contributed by atoms with Gasteiger partial charge < -0.3 is 4.57 Å². The van der Waals surface area contributed by atoms with Crippen LogP contribution in [0.5, 0.6) is 0 Å². The number of hydrogen-bond acceptors (Lipinski definition) is 3. The highest BCUT2D eigenvalue weighted by Crippen LogP contribution is 2.38. The summed E-state index contributed by atoms with van der Waals surface area (Å²) in [6, 6.07) is 15.3. The van der Waals surface area contributed by atoms with E-state index in [1.165, 1.54) is 0 Å². The standard InChI is InChI=1S/C18H13Cl2N3S/c19-14-5-1-12(2-6-14)11-21-17-16(13-3-7-15(20)8-4-13)22-18-23(17)9-10-24-18/h1-8,11H,9-10H2. The molecule has 2 heterocycles. The molecule has 24 heavy (non-hydrogen) atoms. The first-order valence-corrected chi connectivity index (χ1v) is 9.24. The third kappa shape index (κ3) is 3.09. The number of imidazole rings is 1. The van der Waals surface area contributed by atoms with Gasteiger partial charge in [0, 0.05) is 34.1 Å². The molecule has 0 bridgehead atoms. The van der Waals surface area contributed by atoms with E-state index in [4.69, 9.17) is 33.2 Å². The molecule has 0 saturated heterocycles. The van der Waals surface area contributed by atoms with Crippen molar-refractivity contribution in [3.63, 3.8) is 0 Å². The Kier molecular flexibility index (Phi) is 4.35. The third-order valence-electron chi connectivity index (χ3n) is 3.78. The maximum Gasteiger partial charge on any atom is 0.170 e. The van der Waals surface area contributed by atoms with Crippen molar-refractivity contribution >= 4 is 47.0 Å². The average molecular weight is 374 g/mol. The van der Waals surface area contributed by atoms with E-state index in [1.54, 1.807) is 11.8 Å². The van der Waals surface area contributed by atoms with Crippen LogP contribution in [0.15, 0.2) is 58.7 Å². The third-order valence-corrected chi connectivity index (χ3v) is 5.24. The van der Waals surface area contributed by atoms with Crippen molar-refractivity contribution in [2.75, 3.05) is 5.75 Å². The zero-order valence-electron chi connectivity index (χ0n) is 12.6. The van der Waals surface area contributed by atoms with Crippen molar-refractivity contribution in [3.8, 4) is 11.3 Å². The summed E-state index contributed by atoms with van der Waals surface area (Å²) >= 11 is 13.7. The Morgan fingerprint density at radius 3 is 2.38 bits per heavy atom. The van der Waals surface area contributed by atoms with Crippen LogP contribution < -0.4 is 0 Å². The fourth-order valence-electron chi connectivity index (χ4n) is 2.58. The molecular formula is C18H13Cl2N3S. The minimum Gasteiger partial charge on any atom is -0.303 e. The highest BCUT2D eigenvalue weighted by atomic mass is 35.5. The van der Waals surface area contributed by atoms with Gasteiger partial charge in [-0.15, -0.1) is 0 Å². The van der Waals surface area contributed by atoms with Crippen molar-refractivity contribution in [2.24, 2.45) is 4.99 Å². The van der Waals surface area contributed by atoms with Crippen LogP contribution in [0.2, 0.25) is 10.0 Å². The number of halogens is 2. The number of rotatable bonds is 3. The lowest BCUT2D eigenvalue weighted by Gasteiger charge is -2.03. The van der Waals surface area contributed by atoms with E-state index in [0.717, 1.165) is 45.1 Å². The normalized spacial score (nSPS) is 13.6. The number of aliphatic imine (C=N–C) groups is 1. The van der Waals surface area contributed by atoms with Gasteiger partial charge in [0.15, 0.2) is 11.0 Å². The molecule has 0 unspecified atom stereocenters. The first-order valence-electron chi connectivity index (χ1n) is 7.49. The van der Waals surface area contributed by atoms with Gasteiger partial charge in [0.1, 0.15) is 5.69 Å². The smallest absolute Gasteiger partial charge is 0.170 e. The molecule has 1 aromatic heterocycles. The van der Waals surface area contributed by atoms with Crippen molar-refractivity contribution in [1.29, 1.82) is 0 Å². The van der Waals surface area contributed by atoms with Crippen LogP contribution >= 0.6 is 35.0 Å². The van der Waals surface area contributed by atoms with Crippen LogP contribution in [0, 0.1) is 0 Å². The van der Waals surface area contributed by atoms with Crippen molar-refractivity contribution in [3.05, 3.63) is 64.1 Å². The van der Waals surface area contributed by atoms with Gasteiger partial charge in [-0.05, 0) is 29.8 Å². The van der Waals surface area contributed by atoms with E-state index in [2.05, 4.69) is 4.57 Å². The molecule has 0 N–H and O–H groups in total. The Morgan fingerprint density at radius 2 is 1.67 bits per heavy atom. The maximum atomic E-state index is 6.00. The molecule has 0 spiro atoms. The summed E-state index contributed by atoms with van der Waals surface area (Å²) in [5, 5.41) is 2.45. The largest absolute Gasteiger partial charge is 0.303 e. The molecule has 0 saturated carbocycles. The molecule has 6 heteroatoms. The van der Waals surface area contributed by atoms with E-state index in [9.17, 15) is 0 Å². The fraction of sp³-hybridized carbons (Fsp3) is 0.111. The number of benzene rings is 2. The summed E-state index contributed by atoms with van der Waals surface area (Å²) in [6.45, 7) is 0.924. The quantitative estimate of drug-likeness (QED) is 0.550. The van der Waals surface area contributed by atoms with Gasteiger partial charge in [0.2, 0.25) is 0 Å². The molecule has 3 aromatic rings. The zero-order chi connectivity index (χ0) is 16.5. The lowest BCUT2D eigenvalue weighted by Crippen LogP contribution is -1.93. The lowest BCUT2D eigenvalue weighted by molar-refractivity contribution is 0.723. The van der Waals surface area contributed by atoms with Gasteiger partial charge in [0.05, 0.1) is 0 Å². The van der Waals surface area contributed by atoms with E-state index in [-0.39, 0.29) is 0 Å². The predicted octanol–water partition coefficient (Wildman–Crippen LogP) is 5.71. The first-order chi connectivity index (χ1) is 11.7. The molecule has 0 amide bonds. The summed E-state index contributed by atoms with van der Waals surface area (Å²) < 4.78 is 2.17. The Bertz CT molecular complexity index is 899. The van der Waals surface area contributed by atoms with Gasteiger partial charge in [-0.25, -0.2) is 9.98 Å². The highest BCUT2D eigenvalue weighted by molar-refractivity contribution is 7.99. The molecule has 120 valence electrons. The Balaban J connectivity index is 1.76. The summed E-state index contributed by atoms with van der Waals surface area (Å²) in [5.41, 5.74) is 2.91. The lowest BCUT2D eigenvalue weighted by atomic mass is 10.1. The molecular weight excluding hydrogens is 361 g/mol. The van der Waals surface area contributed by atoms with Crippen molar-refractivity contribution < 1.29 is 0 Å². The number of thioether (sulfide) groups is 1. The van der Waals surface area contributed by atoms with Crippen LogP contribution in [-0.2, 0) is 6.54 Å². The molecule has 0 fully saturated rings. The summed E-state index contributed by atoms with van der Waals surface area (Å²) in [6.07, 6.45) is 1.85. The second-order valence-electron chi connectivity index (χ2n) is 5.38. The Morgan fingerprint density at radius 1 is 1.00 bits per heavy atom. The molecule has 1 aliphatic heterocycles. The Labute approximate surface area is 154 Å². The van der Waals surface area contributed by atoms with E-state index in [0.29, 0.717) is 5.02 Å². The van der Waals surface area contributed by atoms with Gasteiger partial charge >= 0.3 is 0 Å². The average Bonchev–Trinajstić information content (AvgIpc) is 3.17. The van der Waals surface area contributed by atoms with Crippen LogP contribution in [-0.4, -0.2) is 21.5 Å². The summed E-state index contributed by atoms with van der Waals surface area (Å²) in [4.78, 5) is 9.49. The maximum absolute atomic E-state index is 6.00. The van der Waals surface area contributed by atoms with Crippen LogP contribution in [0.4, 0.5) is 5.82 Å². The fourth-order valence-corrected chi connectivity index (χ4v) is 3.78. The molecule has 0 aliphatic carbocycles. The highest BCUT2D eigenvalue weighted by Gasteiger charge is 2.22. The van der Waals surface area contributed by atoms with Gasteiger partial charge in [-0.2, -0.15) is 0 Å². The van der Waals surface area contributed by atoms with Gasteiger partial charge in [0.25, 0.3) is 0 Å². The number of aromatic nitrogens is 2. The van der Waals surface area contributed by atoms with Crippen LogP contribution in [0.3, 0.4) is 0 Å². The minimum atomic E-state index is 0.714. The predicted molar refractivity (Wildman–Crippen MR) is 102 cm³/mol. The molecule has 0 atom stereocenters. The molecule has 0 radical (unpaired) electrons. The minimum absolute atomic E-state index is 0.714. The number of hydrogen-bond donors (Lipinski definition) is 0. The second-order valence-corrected chi connectivity index (χ2v) is 7.32. The van der Waals surface area contributed by atoms with Crippen molar-refractivity contribution in [2.45, 2.75) is 11.7 Å². The second kappa shape index (κ2) is 6.63. The molecule has 4 rings (SSSR count). The van der Waals surface area contributed by atoms with E-state index >= 15 is 0 Å². The van der Waals surface area contributed by atoms with Crippen LogP contribution in [0.25, 0.3) is 11.3 Å². The monoisotopic (exact) mass is 373 g/mol. The SMILES string of the molecule is Clc1ccc(C=Nc2c(-c3ccc(Cl)cc3)nc3n2CCS3)cc1.